The SMILES string of the molecule is OB(O)c1ccc(F)c(OCc2cccc(Cl)c2Cl)c1. The van der Waals surface area contributed by atoms with Crippen molar-refractivity contribution in [2.75, 3.05) is 0 Å². The first-order chi connectivity index (χ1) is 9.49. The molecule has 0 fully saturated rings. The highest BCUT2D eigenvalue weighted by molar-refractivity contribution is 6.58. The van der Waals surface area contributed by atoms with Gasteiger partial charge in [0.2, 0.25) is 0 Å². The molecule has 2 aromatic rings. The largest absolute Gasteiger partial charge is 0.488 e. The molecule has 0 spiro atoms. The van der Waals surface area contributed by atoms with Gasteiger partial charge in [-0.1, -0.05) is 41.4 Å². The van der Waals surface area contributed by atoms with Crippen LogP contribution in [0.25, 0.3) is 0 Å². The highest BCUT2D eigenvalue weighted by Gasteiger charge is 2.15. The van der Waals surface area contributed by atoms with Gasteiger partial charge in [-0.15, -0.1) is 0 Å². The van der Waals surface area contributed by atoms with E-state index >= 15 is 0 Å². The minimum atomic E-state index is -1.69. The molecule has 0 bridgehead atoms. The summed E-state index contributed by atoms with van der Waals surface area (Å²) in [6, 6.07) is 8.63. The molecule has 0 amide bonds. The fraction of sp³-hybridized carbons (Fsp3) is 0.0769. The monoisotopic (exact) mass is 314 g/mol. The van der Waals surface area contributed by atoms with Crippen LogP contribution < -0.4 is 10.2 Å². The molecule has 0 aromatic heterocycles. The predicted molar refractivity (Wildman–Crippen MR) is 77.0 cm³/mol. The second-order valence-corrected chi connectivity index (χ2v) is 4.85. The molecule has 2 rings (SSSR count). The molecular formula is C13H10BCl2FO3. The molecule has 0 atom stereocenters. The van der Waals surface area contributed by atoms with Crippen molar-refractivity contribution in [1.29, 1.82) is 0 Å². The van der Waals surface area contributed by atoms with Crippen molar-refractivity contribution >= 4 is 35.8 Å². The first-order valence-corrected chi connectivity index (χ1v) is 6.46. The lowest BCUT2D eigenvalue weighted by Crippen LogP contribution is -2.29. The van der Waals surface area contributed by atoms with Crippen LogP contribution >= 0.6 is 23.2 Å². The van der Waals surface area contributed by atoms with Gasteiger partial charge in [0.15, 0.2) is 11.6 Å². The van der Waals surface area contributed by atoms with E-state index < -0.39 is 12.9 Å². The molecule has 20 heavy (non-hydrogen) atoms. The van der Waals surface area contributed by atoms with E-state index in [1.54, 1.807) is 18.2 Å². The van der Waals surface area contributed by atoms with Crippen LogP contribution in [0, 0.1) is 5.82 Å². The Morgan fingerprint density at radius 2 is 1.90 bits per heavy atom. The van der Waals surface area contributed by atoms with Crippen molar-refractivity contribution < 1.29 is 19.2 Å². The number of ether oxygens (including phenoxy) is 1. The topological polar surface area (TPSA) is 49.7 Å². The van der Waals surface area contributed by atoms with Crippen LogP contribution in [0.2, 0.25) is 10.0 Å². The Kier molecular flexibility index (Phi) is 4.88. The van der Waals surface area contributed by atoms with E-state index in [1.807, 2.05) is 0 Å². The minimum absolute atomic E-state index is 0.0152. The first-order valence-electron chi connectivity index (χ1n) is 5.70. The van der Waals surface area contributed by atoms with Gasteiger partial charge in [0, 0.05) is 5.56 Å². The summed E-state index contributed by atoms with van der Waals surface area (Å²) in [5.41, 5.74) is 0.743. The summed E-state index contributed by atoms with van der Waals surface area (Å²) >= 11 is 11.9. The van der Waals surface area contributed by atoms with E-state index in [9.17, 15) is 4.39 Å². The Morgan fingerprint density at radius 3 is 2.60 bits per heavy atom. The van der Waals surface area contributed by atoms with E-state index in [0.717, 1.165) is 6.07 Å². The van der Waals surface area contributed by atoms with Gasteiger partial charge < -0.3 is 14.8 Å². The maximum atomic E-state index is 13.6. The van der Waals surface area contributed by atoms with Gasteiger partial charge >= 0.3 is 7.12 Å². The molecule has 0 heterocycles. The summed E-state index contributed by atoms with van der Waals surface area (Å²) in [7, 11) is -1.69. The fourth-order valence-electron chi connectivity index (χ4n) is 1.61. The number of halogens is 3. The van der Waals surface area contributed by atoms with Gasteiger partial charge in [-0.2, -0.15) is 0 Å². The zero-order chi connectivity index (χ0) is 14.7. The zero-order valence-corrected chi connectivity index (χ0v) is 11.7. The van der Waals surface area contributed by atoms with E-state index in [1.165, 1.54) is 12.1 Å². The van der Waals surface area contributed by atoms with Crippen molar-refractivity contribution in [3.8, 4) is 5.75 Å². The average Bonchev–Trinajstić information content (AvgIpc) is 2.41. The molecular weight excluding hydrogens is 305 g/mol. The Bertz CT molecular complexity index is 623. The third-order valence-corrected chi connectivity index (χ3v) is 3.53. The molecule has 2 aromatic carbocycles. The Balaban J connectivity index is 2.18. The molecule has 0 unspecified atom stereocenters. The molecule has 0 saturated heterocycles. The van der Waals surface area contributed by atoms with Gasteiger partial charge in [0.1, 0.15) is 6.61 Å². The Labute approximate surface area is 125 Å². The lowest BCUT2D eigenvalue weighted by atomic mass is 9.80. The highest BCUT2D eigenvalue weighted by Crippen LogP contribution is 2.27. The third kappa shape index (κ3) is 3.43. The molecule has 0 aliphatic carbocycles. The first kappa shape index (κ1) is 15.1. The lowest BCUT2D eigenvalue weighted by molar-refractivity contribution is 0.290. The van der Waals surface area contributed by atoms with Crippen molar-refractivity contribution in [3.05, 3.63) is 57.8 Å². The quantitative estimate of drug-likeness (QED) is 0.852. The molecule has 3 nitrogen and oxygen atoms in total. The van der Waals surface area contributed by atoms with Gasteiger partial charge in [0.05, 0.1) is 10.0 Å². The molecule has 0 radical (unpaired) electrons. The average molecular weight is 315 g/mol. The van der Waals surface area contributed by atoms with Gasteiger partial charge in [-0.05, 0) is 23.7 Å². The standard InChI is InChI=1S/C13H10BCl2FO3/c15-10-3-1-2-8(13(10)16)7-20-12-6-9(14(18)19)4-5-11(12)17/h1-6,18-19H,7H2. The molecule has 0 aliphatic heterocycles. The van der Waals surface area contributed by atoms with Crippen LogP contribution in [0.5, 0.6) is 5.75 Å². The molecule has 104 valence electrons. The number of rotatable bonds is 4. The smallest absolute Gasteiger partial charge is 0.486 e. The van der Waals surface area contributed by atoms with Crippen LogP contribution in [-0.4, -0.2) is 17.2 Å². The van der Waals surface area contributed by atoms with Gasteiger partial charge in [-0.3, -0.25) is 0 Å². The van der Waals surface area contributed by atoms with E-state index in [4.69, 9.17) is 38.0 Å². The number of benzene rings is 2. The predicted octanol–water partition coefficient (Wildman–Crippen LogP) is 2.39. The third-order valence-electron chi connectivity index (χ3n) is 2.67. The van der Waals surface area contributed by atoms with Gasteiger partial charge in [-0.25, -0.2) is 4.39 Å². The number of hydrogen-bond donors (Lipinski definition) is 2. The summed E-state index contributed by atoms with van der Waals surface area (Å²) < 4.78 is 18.9. The summed E-state index contributed by atoms with van der Waals surface area (Å²) in [6.45, 7) is 0.0152. The normalized spacial score (nSPS) is 10.4. The lowest BCUT2D eigenvalue weighted by Gasteiger charge is -2.10. The zero-order valence-electron chi connectivity index (χ0n) is 10.2. The fourth-order valence-corrected chi connectivity index (χ4v) is 1.98. The number of hydrogen-bond acceptors (Lipinski definition) is 3. The summed E-state index contributed by atoms with van der Waals surface area (Å²) in [4.78, 5) is 0. The van der Waals surface area contributed by atoms with Crippen molar-refractivity contribution in [2.24, 2.45) is 0 Å². The van der Waals surface area contributed by atoms with Crippen molar-refractivity contribution in [1.82, 2.24) is 0 Å². The van der Waals surface area contributed by atoms with Gasteiger partial charge in [0.25, 0.3) is 0 Å². The van der Waals surface area contributed by atoms with E-state index in [0.29, 0.717) is 15.6 Å². The molecule has 7 heteroatoms. The van der Waals surface area contributed by atoms with Crippen LogP contribution in [0.15, 0.2) is 36.4 Å². The second kappa shape index (κ2) is 6.46. The maximum Gasteiger partial charge on any atom is 0.488 e. The van der Waals surface area contributed by atoms with Crippen LogP contribution in [0.4, 0.5) is 4.39 Å². The van der Waals surface area contributed by atoms with Crippen molar-refractivity contribution in [3.63, 3.8) is 0 Å². The summed E-state index contributed by atoms with van der Waals surface area (Å²) in [5.74, 6) is -0.695. The van der Waals surface area contributed by atoms with Crippen LogP contribution in [0.3, 0.4) is 0 Å². The highest BCUT2D eigenvalue weighted by atomic mass is 35.5. The second-order valence-electron chi connectivity index (χ2n) is 4.07. The van der Waals surface area contributed by atoms with Crippen LogP contribution in [0.1, 0.15) is 5.56 Å². The molecule has 0 aliphatic rings. The summed E-state index contributed by atoms with van der Waals surface area (Å²) in [6.07, 6.45) is 0. The Hall–Kier alpha value is -1.27. The minimum Gasteiger partial charge on any atom is -0.486 e. The van der Waals surface area contributed by atoms with E-state index in [2.05, 4.69) is 0 Å². The molecule has 2 N–H and O–H groups in total. The maximum absolute atomic E-state index is 13.6. The van der Waals surface area contributed by atoms with Crippen LogP contribution in [-0.2, 0) is 6.61 Å². The van der Waals surface area contributed by atoms with Crippen molar-refractivity contribution in [2.45, 2.75) is 6.61 Å². The Morgan fingerprint density at radius 1 is 1.15 bits per heavy atom. The summed E-state index contributed by atoms with van der Waals surface area (Å²) in [5, 5.41) is 18.8. The molecule has 0 saturated carbocycles. The van der Waals surface area contributed by atoms with E-state index in [-0.39, 0.29) is 17.8 Å².